The minimum Gasteiger partial charge on any atom is -0.355 e. The van der Waals surface area contributed by atoms with Crippen molar-refractivity contribution < 1.29 is 18.0 Å². The van der Waals surface area contributed by atoms with Crippen LogP contribution in [0.4, 0.5) is 35.2 Å². The lowest BCUT2D eigenvalue weighted by atomic mass is 9.99. The first-order valence-corrected chi connectivity index (χ1v) is 10.7. The lowest BCUT2D eigenvalue weighted by Crippen LogP contribution is -2.33. The molecule has 1 aliphatic heterocycles. The van der Waals surface area contributed by atoms with Crippen LogP contribution in [-0.2, 0) is 6.18 Å². The van der Waals surface area contributed by atoms with Crippen LogP contribution in [0.15, 0.2) is 60.7 Å². The fraction of sp³-hybridized carbons (Fsp3) is 0.292. The first-order chi connectivity index (χ1) is 15.8. The predicted octanol–water partition coefficient (Wildman–Crippen LogP) is 6.04. The predicted molar refractivity (Wildman–Crippen MR) is 122 cm³/mol. The first kappa shape index (κ1) is 22.6. The molecule has 2 amide bonds. The molecule has 6 nitrogen and oxygen atoms in total. The highest BCUT2D eigenvalue weighted by molar-refractivity contribution is 6.00. The molecule has 1 aliphatic rings. The Bertz CT molecular complexity index is 1110. The topological polar surface area (TPSA) is 70.2 Å². The SMILES string of the molecule is CC1CCN(c2ccc(-c3cccc(NC(=O)Nc4cccc(C(F)(F)F)c4)c3)nn2)CC1. The summed E-state index contributed by atoms with van der Waals surface area (Å²) < 4.78 is 38.6. The fourth-order valence-corrected chi connectivity index (χ4v) is 3.71. The monoisotopic (exact) mass is 455 g/mol. The lowest BCUT2D eigenvalue weighted by Gasteiger charge is -2.30. The molecular weight excluding hydrogens is 431 g/mol. The van der Waals surface area contributed by atoms with E-state index < -0.39 is 17.8 Å². The van der Waals surface area contributed by atoms with Crippen LogP contribution in [0.5, 0.6) is 0 Å². The van der Waals surface area contributed by atoms with Crippen molar-refractivity contribution in [2.24, 2.45) is 5.92 Å². The fourth-order valence-electron chi connectivity index (χ4n) is 3.71. The maximum absolute atomic E-state index is 12.9. The lowest BCUT2D eigenvalue weighted by molar-refractivity contribution is -0.137. The Balaban J connectivity index is 1.41. The van der Waals surface area contributed by atoms with E-state index in [1.54, 1.807) is 18.2 Å². The average molecular weight is 455 g/mol. The van der Waals surface area contributed by atoms with E-state index in [-0.39, 0.29) is 5.69 Å². The van der Waals surface area contributed by atoms with Crippen molar-refractivity contribution in [2.45, 2.75) is 25.9 Å². The van der Waals surface area contributed by atoms with E-state index in [9.17, 15) is 18.0 Å². The Labute approximate surface area is 189 Å². The van der Waals surface area contributed by atoms with Gasteiger partial charge in [-0.25, -0.2) is 4.79 Å². The quantitative estimate of drug-likeness (QED) is 0.503. The van der Waals surface area contributed by atoms with Gasteiger partial charge >= 0.3 is 12.2 Å². The summed E-state index contributed by atoms with van der Waals surface area (Å²) >= 11 is 0. The highest BCUT2D eigenvalue weighted by Gasteiger charge is 2.30. The third-order valence-corrected chi connectivity index (χ3v) is 5.62. The molecule has 172 valence electrons. The Kier molecular flexibility index (Phi) is 6.48. The van der Waals surface area contributed by atoms with Crippen molar-refractivity contribution in [1.82, 2.24) is 10.2 Å². The summed E-state index contributed by atoms with van der Waals surface area (Å²) in [5.74, 6) is 1.58. The van der Waals surface area contributed by atoms with Gasteiger partial charge in [0.2, 0.25) is 0 Å². The number of alkyl halides is 3. The number of anilines is 3. The number of benzene rings is 2. The number of piperidine rings is 1. The zero-order chi connectivity index (χ0) is 23.4. The molecule has 1 fully saturated rings. The van der Waals surface area contributed by atoms with Crippen LogP contribution in [-0.4, -0.2) is 29.3 Å². The number of rotatable bonds is 4. The number of aromatic nitrogens is 2. The highest BCUT2D eigenvalue weighted by atomic mass is 19.4. The van der Waals surface area contributed by atoms with Gasteiger partial charge in [-0.1, -0.05) is 25.1 Å². The number of hydrogen-bond donors (Lipinski definition) is 2. The molecule has 9 heteroatoms. The Hall–Kier alpha value is -3.62. The summed E-state index contributed by atoms with van der Waals surface area (Å²) in [6.45, 7) is 4.19. The molecular formula is C24H24F3N5O. The molecule has 0 unspecified atom stereocenters. The summed E-state index contributed by atoms with van der Waals surface area (Å²) in [5.41, 5.74) is 1.12. The summed E-state index contributed by atoms with van der Waals surface area (Å²) in [7, 11) is 0. The second-order valence-corrected chi connectivity index (χ2v) is 8.18. The number of halogens is 3. The Morgan fingerprint density at radius 1 is 0.939 bits per heavy atom. The second-order valence-electron chi connectivity index (χ2n) is 8.18. The molecule has 4 rings (SSSR count). The number of hydrogen-bond acceptors (Lipinski definition) is 4. The Morgan fingerprint density at radius 3 is 2.24 bits per heavy atom. The number of nitrogens with one attached hydrogen (secondary N) is 2. The van der Waals surface area contributed by atoms with Crippen LogP contribution in [0.2, 0.25) is 0 Å². The summed E-state index contributed by atoms with van der Waals surface area (Å²) in [6.07, 6.45) is -2.20. The van der Waals surface area contributed by atoms with Gasteiger partial charge < -0.3 is 15.5 Å². The third-order valence-electron chi connectivity index (χ3n) is 5.62. The van der Waals surface area contributed by atoms with E-state index >= 15 is 0 Å². The number of carbonyl (C=O) groups is 1. The van der Waals surface area contributed by atoms with Crippen molar-refractivity contribution in [3.63, 3.8) is 0 Å². The smallest absolute Gasteiger partial charge is 0.355 e. The van der Waals surface area contributed by atoms with Gasteiger partial charge in [-0.15, -0.1) is 10.2 Å². The molecule has 2 aromatic carbocycles. The van der Waals surface area contributed by atoms with E-state index in [1.165, 1.54) is 12.1 Å². The van der Waals surface area contributed by atoms with Gasteiger partial charge in [-0.3, -0.25) is 0 Å². The number of amides is 2. The highest BCUT2D eigenvalue weighted by Crippen LogP contribution is 2.31. The molecule has 1 saturated heterocycles. The van der Waals surface area contributed by atoms with E-state index in [2.05, 4.69) is 32.7 Å². The maximum Gasteiger partial charge on any atom is 0.416 e. The van der Waals surface area contributed by atoms with Crippen LogP contribution in [0.3, 0.4) is 0 Å². The van der Waals surface area contributed by atoms with Crippen molar-refractivity contribution >= 4 is 23.2 Å². The molecule has 0 bridgehead atoms. The van der Waals surface area contributed by atoms with Gasteiger partial charge in [0.25, 0.3) is 0 Å². The standard InChI is InChI=1S/C24H24F3N5O/c1-16-10-12-32(13-11-16)22-9-8-21(30-31-22)17-4-2-6-19(14-17)28-23(33)29-20-7-3-5-18(15-20)24(25,26)27/h2-9,14-16H,10-13H2,1H3,(H2,28,29,33). The molecule has 0 aliphatic carbocycles. The zero-order valence-electron chi connectivity index (χ0n) is 18.1. The molecule has 0 atom stereocenters. The van der Waals surface area contributed by atoms with Crippen molar-refractivity contribution in [2.75, 3.05) is 28.6 Å². The third kappa shape index (κ3) is 5.79. The molecule has 0 saturated carbocycles. The molecule has 3 aromatic rings. The second kappa shape index (κ2) is 9.48. The molecule has 0 radical (unpaired) electrons. The van der Waals surface area contributed by atoms with E-state index in [0.717, 1.165) is 55.4 Å². The summed E-state index contributed by atoms with van der Waals surface area (Å²) in [4.78, 5) is 14.5. The van der Waals surface area contributed by atoms with Crippen LogP contribution < -0.4 is 15.5 Å². The van der Waals surface area contributed by atoms with Gasteiger partial charge in [0, 0.05) is 30.0 Å². The molecule has 1 aromatic heterocycles. The minimum atomic E-state index is -4.48. The number of urea groups is 1. The minimum absolute atomic E-state index is 0.0482. The van der Waals surface area contributed by atoms with Gasteiger partial charge in [0.15, 0.2) is 5.82 Å². The zero-order valence-corrected chi connectivity index (χ0v) is 18.1. The van der Waals surface area contributed by atoms with Gasteiger partial charge in [0.1, 0.15) is 0 Å². The van der Waals surface area contributed by atoms with E-state index in [1.807, 2.05) is 18.2 Å². The molecule has 33 heavy (non-hydrogen) atoms. The molecule has 0 spiro atoms. The van der Waals surface area contributed by atoms with E-state index in [0.29, 0.717) is 11.4 Å². The van der Waals surface area contributed by atoms with E-state index in [4.69, 9.17) is 0 Å². The van der Waals surface area contributed by atoms with Crippen LogP contribution in [0.25, 0.3) is 11.3 Å². The Morgan fingerprint density at radius 2 is 1.61 bits per heavy atom. The average Bonchev–Trinajstić information content (AvgIpc) is 2.79. The normalized spacial score (nSPS) is 14.7. The largest absolute Gasteiger partial charge is 0.416 e. The first-order valence-electron chi connectivity index (χ1n) is 10.7. The van der Waals surface area contributed by atoms with Crippen molar-refractivity contribution in [1.29, 1.82) is 0 Å². The summed E-state index contributed by atoms with van der Waals surface area (Å²) in [5, 5.41) is 13.8. The van der Waals surface area contributed by atoms with Crippen LogP contribution in [0.1, 0.15) is 25.3 Å². The van der Waals surface area contributed by atoms with Crippen molar-refractivity contribution in [3.05, 3.63) is 66.2 Å². The van der Waals surface area contributed by atoms with Gasteiger partial charge in [-0.2, -0.15) is 13.2 Å². The number of carbonyl (C=O) groups excluding carboxylic acids is 1. The number of nitrogens with zero attached hydrogens (tertiary/aromatic N) is 3. The summed E-state index contributed by atoms with van der Waals surface area (Å²) in [6, 6.07) is 14.7. The van der Waals surface area contributed by atoms with Gasteiger partial charge in [-0.05, 0) is 61.2 Å². The van der Waals surface area contributed by atoms with Crippen molar-refractivity contribution in [3.8, 4) is 11.3 Å². The maximum atomic E-state index is 12.9. The molecule has 2 heterocycles. The van der Waals surface area contributed by atoms with Crippen LogP contribution >= 0.6 is 0 Å². The van der Waals surface area contributed by atoms with Crippen LogP contribution in [0, 0.1) is 5.92 Å². The molecule has 2 N–H and O–H groups in total. The van der Waals surface area contributed by atoms with Gasteiger partial charge in [0.05, 0.1) is 11.3 Å².